The summed E-state index contributed by atoms with van der Waals surface area (Å²) in [4.78, 5) is 2.33. The van der Waals surface area contributed by atoms with Crippen LogP contribution in [0.15, 0.2) is 30.3 Å². The van der Waals surface area contributed by atoms with Crippen LogP contribution in [0.4, 0.5) is 0 Å². The average molecular weight is 264 g/mol. The standard InChI is InChI=1S/C15H24N2O2/c1-12(15(16)13-5-3-2-4-6-13)9-17-7-8-19-14(10-17)11-18/h2-6,12,14-15,18H,7-11,16H2,1H3. The van der Waals surface area contributed by atoms with Crippen LogP contribution >= 0.6 is 0 Å². The van der Waals surface area contributed by atoms with Crippen molar-refractivity contribution < 1.29 is 9.84 Å². The summed E-state index contributed by atoms with van der Waals surface area (Å²) < 4.78 is 5.46. The minimum absolute atomic E-state index is 0.0473. The highest BCUT2D eigenvalue weighted by Crippen LogP contribution is 2.20. The highest BCUT2D eigenvalue weighted by molar-refractivity contribution is 5.19. The molecule has 0 spiro atoms. The van der Waals surface area contributed by atoms with Crippen molar-refractivity contribution >= 4 is 0 Å². The van der Waals surface area contributed by atoms with E-state index in [1.54, 1.807) is 0 Å². The number of nitrogens with two attached hydrogens (primary N) is 1. The molecule has 3 atom stereocenters. The van der Waals surface area contributed by atoms with Crippen molar-refractivity contribution in [3.8, 4) is 0 Å². The van der Waals surface area contributed by atoms with Crippen molar-refractivity contribution in [2.75, 3.05) is 32.8 Å². The van der Waals surface area contributed by atoms with Gasteiger partial charge in [-0.05, 0) is 11.5 Å². The predicted octanol–water partition coefficient (Wildman–Crippen LogP) is 1.02. The number of morpholine rings is 1. The zero-order valence-corrected chi connectivity index (χ0v) is 11.5. The van der Waals surface area contributed by atoms with E-state index in [0.29, 0.717) is 12.5 Å². The van der Waals surface area contributed by atoms with Gasteiger partial charge in [-0.1, -0.05) is 37.3 Å². The molecule has 3 N–H and O–H groups in total. The maximum absolute atomic E-state index is 9.15. The number of aliphatic hydroxyl groups excluding tert-OH is 1. The number of nitrogens with zero attached hydrogens (tertiary/aromatic N) is 1. The molecule has 0 bridgehead atoms. The van der Waals surface area contributed by atoms with Gasteiger partial charge in [0.25, 0.3) is 0 Å². The normalized spacial score (nSPS) is 24.1. The molecule has 1 saturated heterocycles. The Kier molecular flexibility index (Phi) is 5.34. The fourth-order valence-corrected chi connectivity index (χ4v) is 2.58. The lowest BCUT2D eigenvalue weighted by atomic mass is 9.94. The summed E-state index contributed by atoms with van der Waals surface area (Å²) in [6.45, 7) is 5.62. The third kappa shape index (κ3) is 4.01. The highest BCUT2D eigenvalue weighted by Gasteiger charge is 2.23. The Labute approximate surface area is 115 Å². The summed E-state index contributed by atoms with van der Waals surface area (Å²) in [6, 6.07) is 10.3. The Morgan fingerprint density at radius 2 is 2.16 bits per heavy atom. The number of rotatable bonds is 5. The van der Waals surface area contributed by atoms with Crippen molar-refractivity contribution in [2.24, 2.45) is 11.7 Å². The molecule has 1 aliphatic rings. The fourth-order valence-electron chi connectivity index (χ4n) is 2.58. The first-order chi connectivity index (χ1) is 9.20. The van der Waals surface area contributed by atoms with E-state index in [1.807, 2.05) is 18.2 Å². The quantitative estimate of drug-likeness (QED) is 0.833. The Hall–Kier alpha value is -0.940. The average Bonchev–Trinajstić information content (AvgIpc) is 2.47. The minimum atomic E-state index is -0.0473. The van der Waals surface area contributed by atoms with Crippen LogP contribution in [-0.4, -0.2) is 49.0 Å². The first kappa shape index (κ1) is 14.5. The van der Waals surface area contributed by atoms with Crippen molar-refractivity contribution in [3.63, 3.8) is 0 Å². The van der Waals surface area contributed by atoms with Crippen LogP contribution in [0.25, 0.3) is 0 Å². The van der Waals surface area contributed by atoms with Gasteiger partial charge in [-0.25, -0.2) is 0 Å². The van der Waals surface area contributed by atoms with Crippen molar-refractivity contribution in [1.82, 2.24) is 4.90 Å². The van der Waals surface area contributed by atoms with Gasteiger partial charge in [-0.2, -0.15) is 0 Å². The molecule has 2 rings (SSSR count). The van der Waals surface area contributed by atoms with Gasteiger partial charge in [0.15, 0.2) is 0 Å². The molecule has 0 aromatic heterocycles. The molecule has 3 unspecified atom stereocenters. The van der Waals surface area contributed by atoms with E-state index in [4.69, 9.17) is 15.6 Å². The second-order valence-electron chi connectivity index (χ2n) is 5.35. The van der Waals surface area contributed by atoms with Gasteiger partial charge < -0.3 is 15.6 Å². The Morgan fingerprint density at radius 3 is 2.84 bits per heavy atom. The van der Waals surface area contributed by atoms with Crippen LogP contribution in [0, 0.1) is 5.92 Å². The first-order valence-corrected chi connectivity index (χ1v) is 6.96. The van der Waals surface area contributed by atoms with Crippen LogP contribution in [-0.2, 0) is 4.74 Å². The first-order valence-electron chi connectivity index (χ1n) is 6.96. The smallest absolute Gasteiger partial charge is 0.0932 e. The molecule has 1 aromatic carbocycles. The third-order valence-corrected chi connectivity index (χ3v) is 3.77. The molecule has 0 saturated carbocycles. The topological polar surface area (TPSA) is 58.7 Å². The number of benzene rings is 1. The summed E-state index contributed by atoms with van der Waals surface area (Å²) in [7, 11) is 0. The molecule has 0 radical (unpaired) electrons. The molecule has 1 heterocycles. The second kappa shape index (κ2) is 7.01. The van der Waals surface area contributed by atoms with Crippen LogP contribution < -0.4 is 5.73 Å². The van der Waals surface area contributed by atoms with Gasteiger partial charge >= 0.3 is 0 Å². The largest absolute Gasteiger partial charge is 0.394 e. The van der Waals surface area contributed by atoms with E-state index >= 15 is 0 Å². The molecule has 4 heteroatoms. The molecule has 0 aliphatic carbocycles. The molecule has 0 amide bonds. The molecule has 106 valence electrons. The SMILES string of the molecule is CC(CN1CCOC(CO)C1)C(N)c1ccccc1. The van der Waals surface area contributed by atoms with Crippen molar-refractivity contribution in [2.45, 2.75) is 19.1 Å². The molecular weight excluding hydrogens is 240 g/mol. The lowest BCUT2D eigenvalue weighted by Crippen LogP contribution is -2.46. The van der Waals surface area contributed by atoms with E-state index < -0.39 is 0 Å². The Bertz CT molecular complexity index is 372. The van der Waals surface area contributed by atoms with Gasteiger partial charge in [-0.3, -0.25) is 4.90 Å². The minimum Gasteiger partial charge on any atom is -0.394 e. The van der Waals surface area contributed by atoms with Crippen molar-refractivity contribution in [1.29, 1.82) is 0 Å². The van der Waals surface area contributed by atoms with Gasteiger partial charge in [0.1, 0.15) is 0 Å². The summed E-state index contributed by atoms with van der Waals surface area (Å²) in [5, 5.41) is 9.15. The van der Waals surface area contributed by atoms with E-state index in [1.165, 1.54) is 5.56 Å². The second-order valence-corrected chi connectivity index (χ2v) is 5.35. The maximum atomic E-state index is 9.15. The Balaban J connectivity index is 1.88. The molecular formula is C15H24N2O2. The number of ether oxygens (including phenoxy) is 1. The van der Waals surface area contributed by atoms with Gasteiger partial charge in [-0.15, -0.1) is 0 Å². The van der Waals surface area contributed by atoms with E-state index in [0.717, 1.165) is 19.6 Å². The Morgan fingerprint density at radius 1 is 1.42 bits per heavy atom. The summed E-state index contributed by atoms with van der Waals surface area (Å²) in [6.07, 6.45) is -0.0473. The maximum Gasteiger partial charge on any atom is 0.0932 e. The van der Waals surface area contributed by atoms with E-state index in [-0.39, 0.29) is 18.8 Å². The van der Waals surface area contributed by atoms with Crippen LogP contribution in [0.1, 0.15) is 18.5 Å². The summed E-state index contributed by atoms with van der Waals surface area (Å²) >= 11 is 0. The zero-order chi connectivity index (χ0) is 13.7. The molecule has 19 heavy (non-hydrogen) atoms. The molecule has 1 aromatic rings. The van der Waals surface area contributed by atoms with Crippen LogP contribution in [0.5, 0.6) is 0 Å². The van der Waals surface area contributed by atoms with Gasteiger partial charge in [0.05, 0.1) is 19.3 Å². The number of hydrogen-bond donors (Lipinski definition) is 2. The number of aliphatic hydroxyl groups is 1. The van der Waals surface area contributed by atoms with Gasteiger partial charge in [0.2, 0.25) is 0 Å². The fraction of sp³-hybridized carbons (Fsp3) is 0.600. The monoisotopic (exact) mass is 264 g/mol. The van der Waals surface area contributed by atoms with E-state index in [2.05, 4.69) is 24.0 Å². The lowest BCUT2D eigenvalue weighted by molar-refractivity contribution is -0.0563. The number of hydrogen-bond acceptors (Lipinski definition) is 4. The highest BCUT2D eigenvalue weighted by atomic mass is 16.5. The molecule has 4 nitrogen and oxygen atoms in total. The summed E-state index contributed by atoms with van der Waals surface area (Å²) in [5.74, 6) is 0.375. The molecule has 1 aliphatic heterocycles. The van der Waals surface area contributed by atoms with Gasteiger partial charge in [0, 0.05) is 25.7 Å². The van der Waals surface area contributed by atoms with Crippen LogP contribution in [0.2, 0.25) is 0 Å². The zero-order valence-electron chi connectivity index (χ0n) is 11.5. The van der Waals surface area contributed by atoms with Crippen molar-refractivity contribution in [3.05, 3.63) is 35.9 Å². The predicted molar refractivity (Wildman–Crippen MR) is 75.8 cm³/mol. The molecule has 1 fully saturated rings. The third-order valence-electron chi connectivity index (χ3n) is 3.77. The van der Waals surface area contributed by atoms with Crippen LogP contribution in [0.3, 0.4) is 0 Å². The lowest BCUT2D eigenvalue weighted by Gasteiger charge is -2.35. The summed E-state index contributed by atoms with van der Waals surface area (Å²) in [5.41, 5.74) is 7.50. The van der Waals surface area contributed by atoms with E-state index in [9.17, 15) is 0 Å².